The van der Waals surface area contributed by atoms with Crippen molar-refractivity contribution in [3.8, 4) is 0 Å². The topological polar surface area (TPSA) is 30.9 Å². The smallest absolute Gasteiger partial charge is 0.0270 e. The van der Waals surface area contributed by atoms with Crippen LogP contribution in [0.4, 0.5) is 0 Å². The third-order valence-corrected chi connectivity index (χ3v) is 3.57. The van der Waals surface area contributed by atoms with Gasteiger partial charge in [0.15, 0.2) is 0 Å². The number of thiophene rings is 1. The van der Waals surface area contributed by atoms with Gasteiger partial charge in [0.2, 0.25) is 0 Å². The maximum absolute atomic E-state index is 5.83. The molecule has 0 radical (unpaired) electrons. The van der Waals surface area contributed by atoms with E-state index in [1.165, 1.54) is 10.6 Å². The molecule has 0 aliphatic rings. The average molecular weight is 234 g/mol. The van der Waals surface area contributed by atoms with E-state index in [-0.39, 0.29) is 6.04 Å². The van der Waals surface area contributed by atoms with E-state index < -0.39 is 0 Å². The molecule has 0 saturated heterocycles. The molecule has 0 spiro atoms. The fraction of sp³-hybridized carbons (Fsp3) is 0.385. The predicted octanol–water partition coefficient (Wildman–Crippen LogP) is 2.68. The summed E-state index contributed by atoms with van der Waals surface area (Å²) >= 11 is 1.83. The standard InChI is InChI=1S/C13H18N2S/c1-11(14)10-12-4-2-7-15(12)8-6-13-5-3-9-16-13/h2-5,7,9,11H,6,8,10,14H2,1H3. The van der Waals surface area contributed by atoms with Crippen LogP contribution in [0.15, 0.2) is 35.8 Å². The number of aromatic nitrogens is 1. The fourth-order valence-corrected chi connectivity index (χ4v) is 2.57. The van der Waals surface area contributed by atoms with Crippen molar-refractivity contribution in [2.45, 2.75) is 32.4 Å². The van der Waals surface area contributed by atoms with Crippen molar-refractivity contribution in [3.05, 3.63) is 46.4 Å². The van der Waals surface area contributed by atoms with E-state index in [4.69, 9.17) is 5.73 Å². The second-order valence-electron chi connectivity index (χ2n) is 4.20. The molecule has 3 heteroatoms. The van der Waals surface area contributed by atoms with Gasteiger partial charge in [-0.15, -0.1) is 11.3 Å². The van der Waals surface area contributed by atoms with Crippen LogP contribution < -0.4 is 5.73 Å². The summed E-state index contributed by atoms with van der Waals surface area (Å²) in [5, 5.41) is 2.13. The minimum atomic E-state index is 0.232. The first-order chi connectivity index (χ1) is 7.75. The van der Waals surface area contributed by atoms with Crippen molar-refractivity contribution in [2.24, 2.45) is 5.73 Å². The van der Waals surface area contributed by atoms with E-state index in [1.54, 1.807) is 0 Å². The Kier molecular flexibility index (Phi) is 3.80. The van der Waals surface area contributed by atoms with E-state index >= 15 is 0 Å². The van der Waals surface area contributed by atoms with Gasteiger partial charge in [0.25, 0.3) is 0 Å². The summed E-state index contributed by atoms with van der Waals surface area (Å²) in [5.74, 6) is 0. The average Bonchev–Trinajstić information content (AvgIpc) is 2.84. The first-order valence-electron chi connectivity index (χ1n) is 5.67. The lowest BCUT2D eigenvalue weighted by Crippen LogP contribution is -2.20. The highest BCUT2D eigenvalue weighted by molar-refractivity contribution is 7.09. The Bertz CT molecular complexity index is 415. The van der Waals surface area contributed by atoms with Gasteiger partial charge in [-0.25, -0.2) is 0 Å². The largest absolute Gasteiger partial charge is 0.351 e. The van der Waals surface area contributed by atoms with Crippen LogP contribution >= 0.6 is 11.3 Å². The molecule has 0 aliphatic heterocycles. The second-order valence-corrected chi connectivity index (χ2v) is 5.24. The Morgan fingerprint density at radius 3 is 2.94 bits per heavy atom. The van der Waals surface area contributed by atoms with Gasteiger partial charge >= 0.3 is 0 Å². The van der Waals surface area contributed by atoms with Crippen LogP contribution in [0.2, 0.25) is 0 Å². The maximum atomic E-state index is 5.83. The number of nitrogens with two attached hydrogens (primary N) is 1. The molecule has 2 rings (SSSR count). The SMILES string of the molecule is CC(N)Cc1cccn1CCc1cccs1. The molecule has 86 valence electrons. The molecule has 0 amide bonds. The van der Waals surface area contributed by atoms with E-state index in [0.29, 0.717) is 0 Å². The molecule has 1 atom stereocenters. The van der Waals surface area contributed by atoms with Gasteiger partial charge in [0, 0.05) is 35.8 Å². The lowest BCUT2D eigenvalue weighted by atomic mass is 10.2. The van der Waals surface area contributed by atoms with Crippen LogP contribution in [0.3, 0.4) is 0 Å². The number of nitrogens with zero attached hydrogens (tertiary/aromatic N) is 1. The second kappa shape index (κ2) is 5.32. The molecule has 0 bridgehead atoms. The molecule has 2 nitrogen and oxygen atoms in total. The third kappa shape index (κ3) is 2.97. The van der Waals surface area contributed by atoms with Crippen LogP contribution in [-0.4, -0.2) is 10.6 Å². The lowest BCUT2D eigenvalue weighted by molar-refractivity contribution is 0.629. The van der Waals surface area contributed by atoms with Crippen LogP contribution in [0, 0.1) is 0 Å². The summed E-state index contributed by atoms with van der Waals surface area (Å²) in [6.07, 6.45) is 4.21. The summed E-state index contributed by atoms with van der Waals surface area (Å²) in [7, 11) is 0. The van der Waals surface area contributed by atoms with Crippen LogP contribution in [-0.2, 0) is 19.4 Å². The molecular weight excluding hydrogens is 216 g/mol. The summed E-state index contributed by atoms with van der Waals surface area (Å²) in [6.45, 7) is 3.10. The van der Waals surface area contributed by atoms with Crippen molar-refractivity contribution < 1.29 is 0 Å². The zero-order valence-electron chi connectivity index (χ0n) is 9.60. The minimum Gasteiger partial charge on any atom is -0.351 e. The maximum Gasteiger partial charge on any atom is 0.0270 e. The van der Waals surface area contributed by atoms with E-state index in [1.807, 2.05) is 11.3 Å². The molecule has 2 aromatic rings. The summed E-state index contributed by atoms with van der Waals surface area (Å²) < 4.78 is 2.31. The summed E-state index contributed by atoms with van der Waals surface area (Å²) in [6, 6.07) is 8.80. The quantitative estimate of drug-likeness (QED) is 0.847. The van der Waals surface area contributed by atoms with Crippen molar-refractivity contribution >= 4 is 11.3 Å². The molecule has 2 N–H and O–H groups in total. The Hall–Kier alpha value is -1.06. The van der Waals surface area contributed by atoms with Gasteiger partial charge in [-0.2, -0.15) is 0 Å². The highest BCUT2D eigenvalue weighted by Gasteiger charge is 2.04. The van der Waals surface area contributed by atoms with Gasteiger partial charge < -0.3 is 10.3 Å². The number of hydrogen-bond acceptors (Lipinski definition) is 2. The van der Waals surface area contributed by atoms with Gasteiger partial charge in [-0.05, 0) is 36.9 Å². The van der Waals surface area contributed by atoms with Crippen molar-refractivity contribution in [3.63, 3.8) is 0 Å². The monoisotopic (exact) mass is 234 g/mol. The van der Waals surface area contributed by atoms with Gasteiger partial charge in [0.05, 0.1) is 0 Å². The predicted molar refractivity (Wildman–Crippen MR) is 69.8 cm³/mol. The Morgan fingerprint density at radius 1 is 1.38 bits per heavy atom. The lowest BCUT2D eigenvalue weighted by Gasteiger charge is -2.10. The van der Waals surface area contributed by atoms with Crippen molar-refractivity contribution in [2.75, 3.05) is 0 Å². The van der Waals surface area contributed by atoms with Crippen LogP contribution in [0.1, 0.15) is 17.5 Å². The van der Waals surface area contributed by atoms with Crippen LogP contribution in [0.25, 0.3) is 0 Å². The van der Waals surface area contributed by atoms with Gasteiger partial charge in [-0.3, -0.25) is 0 Å². The zero-order chi connectivity index (χ0) is 11.4. The Labute approximate surface area is 101 Å². The summed E-state index contributed by atoms with van der Waals surface area (Å²) in [5.41, 5.74) is 7.17. The van der Waals surface area contributed by atoms with Crippen molar-refractivity contribution in [1.82, 2.24) is 4.57 Å². The van der Waals surface area contributed by atoms with Crippen molar-refractivity contribution in [1.29, 1.82) is 0 Å². The first kappa shape index (κ1) is 11.4. The first-order valence-corrected chi connectivity index (χ1v) is 6.55. The molecule has 0 aliphatic carbocycles. The van der Waals surface area contributed by atoms with Crippen LogP contribution in [0.5, 0.6) is 0 Å². The highest BCUT2D eigenvalue weighted by Crippen LogP contribution is 2.12. The highest BCUT2D eigenvalue weighted by atomic mass is 32.1. The Morgan fingerprint density at radius 2 is 2.25 bits per heavy atom. The number of aryl methyl sites for hydroxylation is 2. The molecule has 0 saturated carbocycles. The fourth-order valence-electron chi connectivity index (χ4n) is 1.87. The molecule has 2 heterocycles. The molecule has 0 aromatic carbocycles. The normalized spacial score (nSPS) is 12.9. The molecule has 2 aromatic heterocycles. The zero-order valence-corrected chi connectivity index (χ0v) is 10.4. The Balaban J connectivity index is 1.96. The molecule has 0 fully saturated rings. The van der Waals surface area contributed by atoms with Gasteiger partial charge in [0.1, 0.15) is 0 Å². The minimum absolute atomic E-state index is 0.232. The summed E-state index contributed by atoms with van der Waals surface area (Å²) in [4.78, 5) is 1.44. The van der Waals surface area contributed by atoms with E-state index in [0.717, 1.165) is 19.4 Å². The van der Waals surface area contributed by atoms with E-state index in [2.05, 4.69) is 47.3 Å². The molecule has 1 unspecified atom stereocenters. The third-order valence-electron chi connectivity index (χ3n) is 2.63. The number of hydrogen-bond donors (Lipinski definition) is 1. The molecule has 16 heavy (non-hydrogen) atoms. The number of rotatable bonds is 5. The van der Waals surface area contributed by atoms with Gasteiger partial charge in [-0.1, -0.05) is 6.07 Å². The molecular formula is C13H18N2S. The van der Waals surface area contributed by atoms with E-state index in [9.17, 15) is 0 Å².